The van der Waals surface area contributed by atoms with E-state index < -0.39 is 11.8 Å². The summed E-state index contributed by atoms with van der Waals surface area (Å²) in [6, 6.07) is 21.4. The third kappa shape index (κ3) is 6.85. The van der Waals surface area contributed by atoms with E-state index in [1.54, 1.807) is 54.6 Å². The molecule has 0 heterocycles. The Balaban J connectivity index is 1.52. The van der Waals surface area contributed by atoms with E-state index in [0.29, 0.717) is 41.0 Å². The lowest BCUT2D eigenvalue weighted by Gasteiger charge is -2.10. The molecular formula is C24H22ClN3O4. The van der Waals surface area contributed by atoms with E-state index in [1.165, 1.54) is 6.21 Å². The first-order valence-corrected chi connectivity index (χ1v) is 10.3. The molecule has 0 aliphatic rings. The minimum absolute atomic E-state index is 0.387. The lowest BCUT2D eigenvalue weighted by Crippen LogP contribution is -2.32. The fourth-order valence-corrected chi connectivity index (χ4v) is 2.80. The van der Waals surface area contributed by atoms with Gasteiger partial charge in [-0.15, -0.1) is 0 Å². The molecule has 0 aromatic heterocycles. The van der Waals surface area contributed by atoms with Crippen molar-refractivity contribution in [3.8, 4) is 11.5 Å². The Kier molecular flexibility index (Phi) is 8.22. The Morgan fingerprint density at radius 2 is 1.75 bits per heavy atom. The molecule has 0 atom stereocenters. The molecule has 3 rings (SSSR count). The third-order valence-corrected chi connectivity index (χ3v) is 4.45. The Morgan fingerprint density at radius 1 is 0.969 bits per heavy atom. The van der Waals surface area contributed by atoms with Crippen molar-refractivity contribution in [2.45, 2.75) is 13.5 Å². The average Bonchev–Trinajstić information content (AvgIpc) is 2.80. The molecule has 32 heavy (non-hydrogen) atoms. The van der Waals surface area contributed by atoms with Crippen molar-refractivity contribution in [3.05, 3.63) is 88.9 Å². The Labute approximate surface area is 191 Å². The molecule has 0 fully saturated rings. The molecule has 0 saturated carbocycles. The summed E-state index contributed by atoms with van der Waals surface area (Å²) in [5.41, 5.74) is 4.30. The highest BCUT2D eigenvalue weighted by atomic mass is 35.5. The van der Waals surface area contributed by atoms with Crippen LogP contribution in [0.2, 0.25) is 5.02 Å². The quantitative estimate of drug-likeness (QED) is 0.301. The van der Waals surface area contributed by atoms with Crippen LogP contribution in [-0.2, 0) is 16.2 Å². The first kappa shape index (κ1) is 22.8. The van der Waals surface area contributed by atoms with Crippen molar-refractivity contribution < 1.29 is 19.1 Å². The second-order valence-electron chi connectivity index (χ2n) is 6.57. The summed E-state index contributed by atoms with van der Waals surface area (Å²) < 4.78 is 11.2. The molecule has 0 unspecified atom stereocenters. The number of nitrogens with zero attached hydrogens (tertiary/aromatic N) is 1. The van der Waals surface area contributed by atoms with Crippen molar-refractivity contribution in [2.75, 3.05) is 11.9 Å². The number of anilines is 1. The maximum absolute atomic E-state index is 12.1. The van der Waals surface area contributed by atoms with Gasteiger partial charge in [0.25, 0.3) is 0 Å². The topological polar surface area (TPSA) is 89.0 Å². The molecule has 7 nitrogen and oxygen atoms in total. The number of rotatable bonds is 8. The summed E-state index contributed by atoms with van der Waals surface area (Å²) in [6.45, 7) is 2.65. The van der Waals surface area contributed by atoms with E-state index in [0.717, 1.165) is 5.56 Å². The zero-order valence-electron chi connectivity index (χ0n) is 17.4. The van der Waals surface area contributed by atoms with E-state index in [9.17, 15) is 9.59 Å². The molecular weight excluding hydrogens is 430 g/mol. The molecule has 2 N–H and O–H groups in total. The van der Waals surface area contributed by atoms with Gasteiger partial charge in [-0.25, -0.2) is 5.43 Å². The number of hydrogen-bond donors (Lipinski definition) is 2. The number of para-hydroxylation sites is 2. The maximum atomic E-state index is 12.1. The van der Waals surface area contributed by atoms with Crippen LogP contribution in [-0.4, -0.2) is 24.6 Å². The van der Waals surface area contributed by atoms with Crippen LogP contribution in [0.1, 0.15) is 18.1 Å². The van der Waals surface area contributed by atoms with Gasteiger partial charge in [-0.3, -0.25) is 9.59 Å². The Morgan fingerprint density at radius 3 is 2.53 bits per heavy atom. The van der Waals surface area contributed by atoms with Crippen LogP contribution < -0.4 is 20.2 Å². The minimum Gasteiger partial charge on any atom is -0.492 e. The zero-order valence-corrected chi connectivity index (χ0v) is 18.1. The molecule has 2 amide bonds. The predicted molar refractivity (Wildman–Crippen MR) is 124 cm³/mol. The number of hydrazone groups is 1. The highest BCUT2D eigenvalue weighted by Gasteiger charge is 2.15. The van der Waals surface area contributed by atoms with E-state index in [-0.39, 0.29) is 0 Å². The van der Waals surface area contributed by atoms with Crippen LogP contribution in [0.5, 0.6) is 11.5 Å². The summed E-state index contributed by atoms with van der Waals surface area (Å²) in [4.78, 5) is 24.2. The van der Waals surface area contributed by atoms with Gasteiger partial charge in [0.1, 0.15) is 18.1 Å². The number of ether oxygens (including phenoxy) is 2. The molecule has 3 aromatic carbocycles. The zero-order chi connectivity index (χ0) is 22.8. The lowest BCUT2D eigenvalue weighted by molar-refractivity contribution is -0.136. The minimum atomic E-state index is -0.900. The van der Waals surface area contributed by atoms with Gasteiger partial charge in [0.15, 0.2) is 0 Å². The van der Waals surface area contributed by atoms with Crippen molar-refractivity contribution in [3.63, 3.8) is 0 Å². The van der Waals surface area contributed by atoms with Crippen LogP contribution in [0.15, 0.2) is 77.9 Å². The van der Waals surface area contributed by atoms with Crippen LogP contribution in [0.25, 0.3) is 0 Å². The van der Waals surface area contributed by atoms with Crippen molar-refractivity contribution in [1.29, 1.82) is 0 Å². The fourth-order valence-electron chi connectivity index (χ4n) is 2.68. The molecule has 0 spiro atoms. The number of carbonyl (C=O) groups is 2. The van der Waals surface area contributed by atoms with E-state index in [4.69, 9.17) is 21.1 Å². The Hall–Kier alpha value is -3.84. The average molecular weight is 452 g/mol. The van der Waals surface area contributed by atoms with Gasteiger partial charge in [-0.05, 0) is 54.4 Å². The molecule has 8 heteroatoms. The number of amides is 2. The predicted octanol–water partition coefficient (Wildman–Crippen LogP) is 4.41. The van der Waals surface area contributed by atoms with Crippen molar-refractivity contribution in [2.24, 2.45) is 5.10 Å². The molecule has 0 bridgehead atoms. The summed E-state index contributed by atoms with van der Waals surface area (Å²) >= 11 is 5.88. The fraction of sp³-hybridized carbons (Fsp3) is 0.125. The summed E-state index contributed by atoms with van der Waals surface area (Å²) in [5, 5.41) is 7.02. The number of benzene rings is 3. The lowest BCUT2D eigenvalue weighted by atomic mass is 10.2. The van der Waals surface area contributed by atoms with Gasteiger partial charge in [-0.1, -0.05) is 48.0 Å². The van der Waals surface area contributed by atoms with Gasteiger partial charge in [0.05, 0.1) is 18.5 Å². The van der Waals surface area contributed by atoms with Crippen molar-refractivity contribution in [1.82, 2.24) is 5.43 Å². The van der Waals surface area contributed by atoms with E-state index in [1.807, 2.05) is 25.1 Å². The molecule has 0 saturated heterocycles. The number of carbonyl (C=O) groups excluding carboxylic acids is 2. The van der Waals surface area contributed by atoms with Gasteiger partial charge < -0.3 is 14.8 Å². The summed E-state index contributed by atoms with van der Waals surface area (Å²) in [6.07, 6.45) is 1.43. The number of halogens is 1. The third-order valence-electron chi connectivity index (χ3n) is 4.20. The van der Waals surface area contributed by atoms with Gasteiger partial charge in [0, 0.05) is 5.02 Å². The Bertz CT molecular complexity index is 1100. The van der Waals surface area contributed by atoms with Crippen LogP contribution in [0.3, 0.4) is 0 Å². The number of hydrogen-bond acceptors (Lipinski definition) is 5. The molecule has 164 valence electrons. The second-order valence-corrected chi connectivity index (χ2v) is 7.01. The van der Waals surface area contributed by atoms with E-state index in [2.05, 4.69) is 15.8 Å². The van der Waals surface area contributed by atoms with Crippen LogP contribution >= 0.6 is 11.6 Å². The largest absolute Gasteiger partial charge is 0.492 e. The van der Waals surface area contributed by atoms with Crippen molar-refractivity contribution >= 4 is 35.3 Å². The molecule has 3 aromatic rings. The van der Waals surface area contributed by atoms with Gasteiger partial charge in [0.2, 0.25) is 0 Å². The first-order valence-electron chi connectivity index (χ1n) is 9.88. The summed E-state index contributed by atoms with van der Waals surface area (Å²) in [5.74, 6) is -0.632. The molecule has 0 aliphatic heterocycles. The van der Waals surface area contributed by atoms with E-state index >= 15 is 0 Å². The second kappa shape index (κ2) is 11.5. The standard InChI is InChI=1S/C24H22ClN3O4/c1-2-31-22-9-4-3-8-21(22)27-23(29)24(30)28-26-15-18-6-5-7-20(14-18)32-16-17-10-12-19(25)13-11-17/h3-15H,2,16H2,1H3,(H,27,29)(H,28,30)/b26-15+. The normalized spacial score (nSPS) is 10.6. The highest BCUT2D eigenvalue weighted by molar-refractivity contribution is 6.39. The monoisotopic (exact) mass is 451 g/mol. The maximum Gasteiger partial charge on any atom is 0.329 e. The van der Waals surface area contributed by atoms with Gasteiger partial charge in [-0.2, -0.15) is 5.10 Å². The first-order chi connectivity index (χ1) is 15.5. The summed E-state index contributed by atoms with van der Waals surface area (Å²) in [7, 11) is 0. The highest BCUT2D eigenvalue weighted by Crippen LogP contribution is 2.23. The SMILES string of the molecule is CCOc1ccccc1NC(=O)C(=O)N/N=C/c1cccc(OCc2ccc(Cl)cc2)c1. The molecule has 0 radical (unpaired) electrons. The smallest absolute Gasteiger partial charge is 0.329 e. The van der Waals surface area contributed by atoms with Crippen LogP contribution in [0.4, 0.5) is 5.69 Å². The molecule has 0 aliphatic carbocycles. The van der Waals surface area contributed by atoms with Crippen LogP contribution in [0, 0.1) is 0 Å². The van der Waals surface area contributed by atoms with Gasteiger partial charge >= 0.3 is 11.8 Å². The number of nitrogens with one attached hydrogen (secondary N) is 2.